The van der Waals surface area contributed by atoms with Gasteiger partial charge in [0.25, 0.3) is 0 Å². The number of nitrogens with one attached hydrogen (secondary N) is 2. The van der Waals surface area contributed by atoms with Crippen LogP contribution < -0.4 is 10.6 Å². The lowest BCUT2D eigenvalue weighted by Gasteiger charge is -2.21. The zero-order valence-corrected chi connectivity index (χ0v) is 14.5. The lowest BCUT2D eigenvalue weighted by atomic mass is 10.1. The van der Waals surface area contributed by atoms with Gasteiger partial charge in [0.2, 0.25) is 0 Å². The highest BCUT2D eigenvalue weighted by Gasteiger charge is 2.37. The van der Waals surface area contributed by atoms with Gasteiger partial charge < -0.3 is 25.2 Å². The number of aromatic nitrogens is 3. The Hall–Kier alpha value is -2.49. The van der Waals surface area contributed by atoms with Crippen LogP contribution in [-0.4, -0.2) is 71.2 Å². The number of carbonyl (C=O) groups is 1. The number of urea groups is 1. The van der Waals surface area contributed by atoms with Crippen molar-refractivity contribution in [3.8, 4) is 11.3 Å². The molecule has 1 fully saturated rings. The van der Waals surface area contributed by atoms with Crippen LogP contribution in [0.5, 0.6) is 0 Å². The summed E-state index contributed by atoms with van der Waals surface area (Å²) >= 11 is 0. The van der Waals surface area contributed by atoms with Gasteiger partial charge in [0.15, 0.2) is 0 Å². The summed E-state index contributed by atoms with van der Waals surface area (Å²) < 4.78 is 12.2. The first-order valence-electron chi connectivity index (χ1n) is 8.46. The van der Waals surface area contributed by atoms with E-state index < -0.39 is 18.2 Å². The lowest BCUT2D eigenvalue weighted by molar-refractivity contribution is 0.0746. The maximum atomic E-state index is 11.9. The zero-order chi connectivity index (χ0) is 18.4. The standard InChI is InChI=1S/C17H23N5O4/c1-25-8-7-18-17(24)19-16-14(23)11-26-15(16)10-22-9-13(20-21-22)12-5-3-2-4-6-12/h2-6,9,14-16,23H,7-8,10-11H2,1H3,(H2,18,19,24)/t14-,15+,16+/m0/s1. The van der Waals surface area contributed by atoms with Crippen LogP contribution in [0.4, 0.5) is 4.79 Å². The van der Waals surface area contributed by atoms with E-state index in [1.54, 1.807) is 11.8 Å². The van der Waals surface area contributed by atoms with E-state index in [9.17, 15) is 9.90 Å². The number of nitrogens with zero attached hydrogens (tertiary/aromatic N) is 3. The van der Waals surface area contributed by atoms with Crippen LogP contribution in [-0.2, 0) is 16.0 Å². The minimum atomic E-state index is -0.773. The molecule has 3 rings (SSSR count). The van der Waals surface area contributed by atoms with E-state index in [0.29, 0.717) is 19.7 Å². The van der Waals surface area contributed by atoms with E-state index >= 15 is 0 Å². The monoisotopic (exact) mass is 361 g/mol. The van der Waals surface area contributed by atoms with Gasteiger partial charge in [-0.1, -0.05) is 35.5 Å². The van der Waals surface area contributed by atoms with Gasteiger partial charge in [-0.2, -0.15) is 0 Å². The van der Waals surface area contributed by atoms with E-state index in [1.807, 2.05) is 36.5 Å². The summed E-state index contributed by atoms with van der Waals surface area (Å²) in [5.41, 5.74) is 1.73. The highest BCUT2D eigenvalue weighted by atomic mass is 16.5. The quantitative estimate of drug-likeness (QED) is 0.600. The molecule has 0 saturated carbocycles. The van der Waals surface area contributed by atoms with Gasteiger partial charge in [-0.25, -0.2) is 9.48 Å². The van der Waals surface area contributed by atoms with Crippen LogP contribution in [0.25, 0.3) is 11.3 Å². The number of benzene rings is 1. The smallest absolute Gasteiger partial charge is 0.315 e. The molecule has 0 bridgehead atoms. The number of methoxy groups -OCH3 is 1. The molecular weight excluding hydrogens is 338 g/mol. The number of rotatable bonds is 7. The van der Waals surface area contributed by atoms with Crippen molar-refractivity contribution < 1.29 is 19.4 Å². The summed E-state index contributed by atoms with van der Waals surface area (Å²) in [6, 6.07) is 8.83. The van der Waals surface area contributed by atoms with E-state index in [2.05, 4.69) is 20.9 Å². The van der Waals surface area contributed by atoms with Gasteiger partial charge in [0, 0.05) is 19.2 Å². The molecule has 3 N–H and O–H groups in total. The van der Waals surface area contributed by atoms with Gasteiger partial charge >= 0.3 is 6.03 Å². The Morgan fingerprint density at radius 1 is 1.42 bits per heavy atom. The summed E-state index contributed by atoms with van der Waals surface area (Å²) in [7, 11) is 1.56. The minimum Gasteiger partial charge on any atom is -0.388 e. The molecule has 0 radical (unpaired) electrons. The van der Waals surface area contributed by atoms with Gasteiger partial charge in [0.1, 0.15) is 17.9 Å². The molecule has 0 unspecified atom stereocenters. The van der Waals surface area contributed by atoms with Gasteiger partial charge in [-0.15, -0.1) is 5.10 Å². The topological polar surface area (TPSA) is 111 Å². The van der Waals surface area contributed by atoms with Crippen LogP contribution in [0.2, 0.25) is 0 Å². The van der Waals surface area contributed by atoms with Crippen molar-refractivity contribution >= 4 is 6.03 Å². The van der Waals surface area contributed by atoms with Crippen LogP contribution >= 0.6 is 0 Å². The summed E-state index contributed by atoms with van der Waals surface area (Å²) in [4.78, 5) is 11.9. The number of hydrogen-bond acceptors (Lipinski definition) is 6. The number of aliphatic hydroxyl groups excluding tert-OH is 1. The normalized spacial score (nSPS) is 22.3. The van der Waals surface area contributed by atoms with Crippen LogP contribution in [0, 0.1) is 0 Å². The predicted molar refractivity (Wildman–Crippen MR) is 93.4 cm³/mol. The molecule has 2 amide bonds. The highest BCUT2D eigenvalue weighted by molar-refractivity contribution is 5.74. The van der Waals surface area contributed by atoms with Gasteiger partial charge in [-0.05, 0) is 0 Å². The summed E-state index contributed by atoms with van der Waals surface area (Å²) in [5, 5.41) is 23.8. The third kappa shape index (κ3) is 4.57. The minimum absolute atomic E-state index is 0.161. The molecular formula is C17H23N5O4. The molecule has 2 aromatic rings. The third-order valence-corrected chi connectivity index (χ3v) is 4.16. The molecule has 9 nitrogen and oxygen atoms in total. The summed E-state index contributed by atoms with van der Waals surface area (Å²) in [6.07, 6.45) is 0.646. The van der Waals surface area contributed by atoms with Gasteiger partial charge in [0.05, 0.1) is 32.0 Å². The van der Waals surface area contributed by atoms with E-state index in [-0.39, 0.29) is 12.6 Å². The van der Waals surface area contributed by atoms with E-state index in [1.165, 1.54) is 0 Å². The maximum Gasteiger partial charge on any atom is 0.315 e. The first kappa shape index (κ1) is 18.3. The molecule has 1 aliphatic rings. The van der Waals surface area contributed by atoms with Crippen molar-refractivity contribution in [1.82, 2.24) is 25.6 Å². The fourth-order valence-electron chi connectivity index (χ4n) is 2.81. The van der Waals surface area contributed by atoms with Crippen molar-refractivity contribution in [3.05, 3.63) is 36.5 Å². The van der Waals surface area contributed by atoms with Gasteiger partial charge in [-0.3, -0.25) is 0 Å². The molecule has 1 aromatic carbocycles. The average Bonchev–Trinajstić information content (AvgIpc) is 3.25. The number of aliphatic hydroxyl groups is 1. The second-order valence-electron chi connectivity index (χ2n) is 6.05. The lowest BCUT2D eigenvalue weighted by Crippen LogP contribution is -2.51. The molecule has 1 aromatic heterocycles. The Labute approximate surface area is 151 Å². The molecule has 140 valence electrons. The molecule has 2 heterocycles. The molecule has 1 aliphatic heterocycles. The Balaban J connectivity index is 1.59. The Morgan fingerprint density at radius 3 is 3.00 bits per heavy atom. The molecule has 26 heavy (non-hydrogen) atoms. The molecule has 9 heteroatoms. The number of ether oxygens (including phenoxy) is 2. The molecule has 0 spiro atoms. The highest BCUT2D eigenvalue weighted by Crippen LogP contribution is 2.18. The van der Waals surface area contributed by atoms with E-state index in [4.69, 9.17) is 9.47 Å². The average molecular weight is 361 g/mol. The van der Waals surface area contributed by atoms with Crippen molar-refractivity contribution in [2.24, 2.45) is 0 Å². The van der Waals surface area contributed by atoms with Crippen molar-refractivity contribution in [1.29, 1.82) is 0 Å². The molecule has 3 atom stereocenters. The first-order chi connectivity index (χ1) is 12.7. The fraction of sp³-hybridized carbons (Fsp3) is 0.471. The van der Waals surface area contributed by atoms with Crippen molar-refractivity contribution in [3.63, 3.8) is 0 Å². The number of amides is 2. The summed E-state index contributed by atoms with van der Waals surface area (Å²) in [5.74, 6) is 0. The van der Waals surface area contributed by atoms with Crippen LogP contribution in [0.3, 0.4) is 0 Å². The molecule has 0 aliphatic carbocycles. The van der Waals surface area contributed by atoms with Crippen LogP contribution in [0.15, 0.2) is 36.5 Å². The Kier molecular flexibility index (Phi) is 6.16. The van der Waals surface area contributed by atoms with Crippen molar-refractivity contribution in [2.45, 2.75) is 24.8 Å². The maximum absolute atomic E-state index is 11.9. The SMILES string of the molecule is COCCNC(=O)N[C@@H]1[C@@H](O)CO[C@@H]1Cn1cc(-c2ccccc2)nn1. The zero-order valence-electron chi connectivity index (χ0n) is 14.5. The summed E-state index contributed by atoms with van der Waals surface area (Å²) in [6.45, 7) is 1.34. The molecule has 1 saturated heterocycles. The van der Waals surface area contributed by atoms with Crippen LogP contribution in [0.1, 0.15) is 0 Å². The third-order valence-electron chi connectivity index (χ3n) is 4.16. The van der Waals surface area contributed by atoms with E-state index in [0.717, 1.165) is 11.3 Å². The largest absolute Gasteiger partial charge is 0.388 e. The second kappa shape index (κ2) is 8.75. The predicted octanol–water partition coefficient (Wildman–Crippen LogP) is 0.0190. The Bertz CT molecular complexity index is 708. The fourth-order valence-corrected chi connectivity index (χ4v) is 2.81. The number of carbonyl (C=O) groups excluding carboxylic acids is 1. The first-order valence-corrected chi connectivity index (χ1v) is 8.46. The number of hydrogen-bond donors (Lipinski definition) is 3. The second-order valence-corrected chi connectivity index (χ2v) is 6.05. The van der Waals surface area contributed by atoms with Crippen molar-refractivity contribution in [2.75, 3.05) is 26.9 Å². The Morgan fingerprint density at radius 2 is 2.23 bits per heavy atom.